The fourth-order valence-corrected chi connectivity index (χ4v) is 3.08. The SMILES string of the molecule is CC(C)(C)CC(N)CNS(=O)(=O)CCc1ccncc1. The lowest BCUT2D eigenvalue weighted by atomic mass is 9.88. The van der Waals surface area contributed by atoms with Gasteiger partial charge in [-0.3, -0.25) is 4.98 Å². The monoisotopic (exact) mass is 299 g/mol. The minimum atomic E-state index is -3.28. The van der Waals surface area contributed by atoms with Gasteiger partial charge in [-0.25, -0.2) is 13.1 Å². The fourth-order valence-electron chi connectivity index (χ4n) is 1.97. The van der Waals surface area contributed by atoms with Gasteiger partial charge in [-0.15, -0.1) is 0 Å². The zero-order valence-electron chi connectivity index (χ0n) is 12.5. The topological polar surface area (TPSA) is 85.1 Å². The molecular weight excluding hydrogens is 274 g/mol. The van der Waals surface area contributed by atoms with Crippen LogP contribution in [0, 0.1) is 5.41 Å². The molecule has 1 unspecified atom stereocenters. The van der Waals surface area contributed by atoms with E-state index in [2.05, 4.69) is 30.5 Å². The van der Waals surface area contributed by atoms with Crippen LogP contribution in [-0.2, 0) is 16.4 Å². The van der Waals surface area contributed by atoms with Crippen LogP contribution in [-0.4, -0.2) is 31.7 Å². The second-order valence-electron chi connectivity index (χ2n) is 6.30. The van der Waals surface area contributed by atoms with Crippen molar-refractivity contribution in [2.24, 2.45) is 11.1 Å². The average molecular weight is 299 g/mol. The van der Waals surface area contributed by atoms with Crippen molar-refractivity contribution in [2.45, 2.75) is 39.7 Å². The van der Waals surface area contributed by atoms with Crippen LogP contribution in [0.4, 0.5) is 0 Å². The molecule has 0 fully saturated rings. The summed E-state index contributed by atoms with van der Waals surface area (Å²) in [7, 11) is -3.28. The van der Waals surface area contributed by atoms with Crippen LogP contribution in [0.2, 0.25) is 0 Å². The van der Waals surface area contributed by atoms with Gasteiger partial charge in [0.25, 0.3) is 0 Å². The van der Waals surface area contributed by atoms with E-state index in [0.29, 0.717) is 6.42 Å². The Morgan fingerprint density at radius 1 is 1.30 bits per heavy atom. The molecule has 0 bridgehead atoms. The third kappa shape index (κ3) is 7.57. The highest BCUT2D eigenvalue weighted by Crippen LogP contribution is 2.19. The highest BCUT2D eigenvalue weighted by atomic mass is 32.2. The summed E-state index contributed by atoms with van der Waals surface area (Å²) in [4.78, 5) is 3.90. The lowest BCUT2D eigenvalue weighted by Gasteiger charge is -2.23. The van der Waals surface area contributed by atoms with Crippen LogP contribution < -0.4 is 10.5 Å². The summed E-state index contributed by atoms with van der Waals surface area (Å²) in [5.41, 5.74) is 7.00. The quantitative estimate of drug-likeness (QED) is 0.795. The van der Waals surface area contributed by atoms with E-state index in [-0.39, 0.29) is 23.8 Å². The molecular formula is C14H25N3O2S. The Kier molecular flexibility index (Phi) is 6.10. The molecule has 1 heterocycles. The third-order valence-corrected chi connectivity index (χ3v) is 4.20. The van der Waals surface area contributed by atoms with Crippen molar-refractivity contribution in [3.63, 3.8) is 0 Å². The lowest BCUT2D eigenvalue weighted by molar-refractivity contribution is 0.338. The Morgan fingerprint density at radius 3 is 2.45 bits per heavy atom. The summed E-state index contributed by atoms with van der Waals surface area (Å²) in [6, 6.07) is 3.48. The average Bonchev–Trinajstić information content (AvgIpc) is 2.34. The first-order valence-electron chi connectivity index (χ1n) is 6.80. The molecule has 6 heteroatoms. The van der Waals surface area contributed by atoms with Crippen molar-refractivity contribution >= 4 is 10.0 Å². The third-order valence-electron chi connectivity index (χ3n) is 2.85. The maximum absolute atomic E-state index is 11.9. The Balaban J connectivity index is 2.38. The predicted molar refractivity (Wildman–Crippen MR) is 81.8 cm³/mol. The molecule has 0 aliphatic heterocycles. The molecule has 0 aromatic carbocycles. The van der Waals surface area contributed by atoms with Gasteiger partial charge in [0.2, 0.25) is 10.0 Å². The van der Waals surface area contributed by atoms with Gasteiger partial charge >= 0.3 is 0 Å². The van der Waals surface area contributed by atoms with Crippen molar-refractivity contribution < 1.29 is 8.42 Å². The molecule has 1 aromatic rings. The van der Waals surface area contributed by atoms with Crippen molar-refractivity contribution in [1.82, 2.24) is 9.71 Å². The zero-order chi connectivity index (χ0) is 15.2. The molecule has 0 spiro atoms. The van der Waals surface area contributed by atoms with Crippen LogP contribution >= 0.6 is 0 Å². The Labute approximate surface area is 122 Å². The predicted octanol–water partition coefficient (Wildman–Crippen LogP) is 1.31. The number of sulfonamides is 1. The first-order valence-corrected chi connectivity index (χ1v) is 8.45. The van der Waals surface area contributed by atoms with Gasteiger partial charge in [0, 0.05) is 25.0 Å². The maximum Gasteiger partial charge on any atom is 0.211 e. The smallest absolute Gasteiger partial charge is 0.211 e. The van der Waals surface area contributed by atoms with Crippen molar-refractivity contribution in [3.05, 3.63) is 30.1 Å². The first kappa shape index (κ1) is 17.1. The molecule has 0 aliphatic rings. The summed E-state index contributed by atoms with van der Waals surface area (Å²) in [5.74, 6) is 0.0687. The van der Waals surface area contributed by atoms with E-state index in [9.17, 15) is 8.42 Å². The lowest BCUT2D eigenvalue weighted by Crippen LogP contribution is -2.40. The number of nitrogens with two attached hydrogens (primary N) is 1. The standard InChI is InChI=1S/C14H25N3O2S/c1-14(2,3)10-13(15)11-17-20(18,19)9-6-12-4-7-16-8-5-12/h4-5,7-8,13,17H,6,9-11,15H2,1-3H3. The molecule has 1 rings (SSSR count). The fraction of sp³-hybridized carbons (Fsp3) is 0.643. The van der Waals surface area contributed by atoms with Gasteiger partial charge in [0.1, 0.15) is 0 Å². The van der Waals surface area contributed by atoms with Crippen LogP contribution in [0.3, 0.4) is 0 Å². The number of nitrogens with one attached hydrogen (secondary N) is 1. The summed E-state index contributed by atoms with van der Waals surface area (Å²) >= 11 is 0. The molecule has 114 valence electrons. The second kappa shape index (κ2) is 7.15. The Morgan fingerprint density at radius 2 is 1.90 bits per heavy atom. The molecule has 0 radical (unpaired) electrons. The van der Waals surface area contributed by atoms with Gasteiger partial charge in [0.05, 0.1) is 5.75 Å². The van der Waals surface area contributed by atoms with E-state index >= 15 is 0 Å². The minimum absolute atomic E-state index is 0.0687. The summed E-state index contributed by atoms with van der Waals surface area (Å²) in [6.45, 7) is 6.55. The van der Waals surface area contributed by atoms with E-state index in [1.807, 2.05) is 12.1 Å². The summed E-state index contributed by atoms with van der Waals surface area (Å²) < 4.78 is 26.4. The molecule has 0 amide bonds. The largest absolute Gasteiger partial charge is 0.326 e. The van der Waals surface area contributed by atoms with Gasteiger partial charge in [-0.2, -0.15) is 0 Å². The Hall–Kier alpha value is -0.980. The van der Waals surface area contributed by atoms with Gasteiger partial charge in [-0.1, -0.05) is 20.8 Å². The molecule has 0 saturated carbocycles. The number of nitrogens with zero attached hydrogens (tertiary/aromatic N) is 1. The van der Waals surface area contributed by atoms with Crippen LogP contribution in [0.5, 0.6) is 0 Å². The van der Waals surface area contributed by atoms with Crippen LogP contribution in [0.15, 0.2) is 24.5 Å². The summed E-state index contributed by atoms with van der Waals surface area (Å²) in [5, 5.41) is 0. The molecule has 0 aliphatic carbocycles. The number of rotatable bonds is 7. The highest BCUT2D eigenvalue weighted by molar-refractivity contribution is 7.89. The molecule has 3 N–H and O–H groups in total. The van der Waals surface area contributed by atoms with E-state index in [0.717, 1.165) is 12.0 Å². The van der Waals surface area contributed by atoms with E-state index in [1.165, 1.54) is 0 Å². The van der Waals surface area contributed by atoms with Crippen molar-refractivity contribution in [3.8, 4) is 0 Å². The molecule has 0 saturated heterocycles. The highest BCUT2D eigenvalue weighted by Gasteiger charge is 2.18. The maximum atomic E-state index is 11.9. The van der Waals surface area contributed by atoms with E-state index in [4.69, 9.17) is 5.73 Å². The molecule has 20 heavy (non-hydrogen) atoms. The van der Waals surface area contributed by atoms with Crippen LogP contribution in [0.25, 0.3) is 0 Å². The number of pyridine rings is 1. The number of hydrogen-bond donors (Lipinski definition) is 2. The van der Waals surface area contributed by atoms with Gasteiger partial charge in [-0.05, 0) is 36.0 Å². The summed E-state index contributed by atoms with van der Waals surface area (Å²) in [6.07, 6.45) is 4.58. The van der Waals surface area contributed by atoms with Crippen LogP contribution in [0.1, 0.15) is 32.8 Å². The van der Waals surface area contributed by atoms with Crippen molar-refractivity contribution in [1.29, 1.82) is 0 Å². The van der Waals surface area contributed by atoms with E-state index in [1.54, 1.807) is 12.4 Å². The van der Waals surface area contributed by atoms with Gasteiger partial charge < -0.3 is 5.73 Å². The molecule has 5 nitrogen and oxygen atoms in total. The van der Waals surface area contributed by atoms with Crippen molar-refractivity contribution in [2.75, 3.05) is 12.3 Å². The number of hydrogen-bond acceptors (Lipinski definition) is 4. The number of aryl methyl sites for hydroxylation is 1. The first-order chi connectivity index (χ1) is 9.18. The normalized spacial score (nSPS) is 14.2. The van der Waals surface area contributed by atoms with Gasteiger partial charge in [0.15, 0.2) is 0 Å². The molecule has 1 aromatic heterocycles. The van der Waals surface area contributed by atoms with E-state index < -0.39 is 10.0 Å². The number of aromatic nitrogens is 1. The zero-order valence-corrected chi connectivity index (χ0v) is 13.3. The Bertz CT molecular complexity index is 495. The molecule has 1 atom stereocenters. The minimum Gasteiger partial charge on any atom is -0.326 e. The second-order valence-corrected chi connectivity index (χ2v) is 8.22.